The number of nitrogens with one attached hydrogen (secondary N) is 1. The van der Waals surface area contributed by atoms with Crippen LogP contribution in [0.15, 0.2) is 11.0 Å². The van der Waals surface area contributed by atoms with Gasteiger partial charge in [0.2, 0.25) is 0 Å². The molecule has 1 aromatic heterocycles. The minimum atomic E-state index is -0.207. The van der Waals surface area contributed by atoms with Gasteiger partial charge in [0.15, 0.2) is 0 Å². The minimum absolute atomic E-state index is 0.207. The first kappa shape index (κ1) is 15.7. The van der Waals surface area contributed by atoms with E-state index < -0.39 is 0 Å². The van der Waals surface area contributed by atoms with E-state index in [4.69, 9.17) is 11.6 Å². The Labute approximate surface area is 129 Å². The average Bonchev–Trinajstić information content (AvgIpc) is 2.44. The van der Waals surface area contributed by atoms with E-state index in [1.54, 1.807) is 6.20 Å². The lowest BCUT2D eigenvalue weighted by molar-refractivity contribution is 0.464. The van der Waals surface area contributed by atoms with Gasteiger partial charge >= 0.3 is 0 Å². The molecule has 1 unspecified atom stereocenters. The van der Waals surface area contributed by atoms with Crippen molar-refractivity contribution in [3.63, 3.8) is 0 Å². The third-order valence-corrected chi connectivity index (χ3v) is 5.08. The van der Waals surface area contributed by atoms with Crippen molar-refractivity contribution in [2.75, 3.05) is 17.6 Å². The van der Waals surface area contributed by atoms with E-state index in [0.29, 0.717) is 23.4 Å². The zero-order valence-electron chi connectivity index (χ0n) is 12.1. The van der Waals surface area contributed by atoms with E-state index >= 15 is 0 Å². The first-order chi connectivity index (χ1) is 9.58. The van der Waals surface area contributed by atoms with E-state index in [1.165, 1.54) is 29.7 Å². The lowest BCUT2D eigenvalue weighted by atomic mass is 10.2. The molecule has 0 radical (unpaired) electrons. The fourth-order valence-corrected chi connectivity index (χ4v) is 3.71. The summed E-state index contributed by atoms with van der Waals surface area (Å²) in [6, 6.07) is 0. The van der Waals surface area contributed by atoms with Crippen LogP contribution in [0.3, 0.4) is 0 Å². The largest absolute Gasteiger partial charge is 0.381 e. The molecule has 4 nitrogen and oxygen atoms in total. The lowest BCUT2D eigenvalue weighted by Crippen LogP contribution is -2.27. The second-order valence-electron chi connectivity index (χ2n) is 5.62. The summed E-state index contributed by atoms with van der Waals surface area (Å²) in [4.78, 5) is 12.1. The monoisotopic (exact) mass is 315 g/mol. The molecule has 20 heavy (non-hydrogen) atoms. The number of nitrogens with zero attached hydrogens (tertiary/aromatic N) is 2. The van der Waals surface area contributed by atoms with Crippen molar-refractivity contribution in [2.24, 2.45) is 5.92 Å². The number of halogens is 1. The summed E-state index contributed by atoms with van der Waals surface area (Å²) >= 11 is 8.15. The number of hydrogen-bond donors (Lipinski definition) is 1. The molecule has 1 atom stereocenters. The molecule has 112 valence electrons. The Morgan fingerprint density at radius 2 is 2.35 bits per heavy atom. The number of thioether (sulfide) groups is 1. The van der Waals surface area contributed by atoms with Crippen LogP contribution in [-0.4, -0.2) is 27.3 Å². The number of anilines is 1. The lowest BCUT2D eigenvalue weighted by Gasteiger charge is -2.22. The average molecular weight is 316 g/mol. The highest BCUT2D eigenvalue weighted by atomic mass is 35.5. The highest BCUT2D eigenvalue weighted by molar-refractivity contribution is 7.99. The molecule has 1 N–H and O–H groups in total. The molecule has 2 rings (SSSR count). The van der Waals surface area contributed by atoms with Crippen LogP contribution in [0, 0.1) is 5.92 Å². The van der Waals surface area contributed by atoms with Gasteiger partial charge in [0.1, 0.15) is 5.02 Å². The first-order valence-electron chi connectivity index (χ1n) is 7.19. The van der Waals surface area contributed by atoms with Crippen molar-refractivity contribution < 1.29 is 0 Å². The topological polar surface area (TPSA) is 46.9 Å². The van der Waals surface area contributed by atoms with E-state index in [-0.39, 0.29) is 10.6 Å². The molecule has 0 amide bonds. The van der Waals surface area contributed by atoms with Crippen molar-refractivity contribution in [2.45, 2.75) is 44.9 Å². The van der Waals surface area contributed by atoms with Gasteiger partial charge in [-0.25, -0.2) is 4.68 Å². The minimum Gasteiger partial charge on any atom is -0.381 e. The Hall–Kier alpha value is -0.680. The van der Waals surface area contributed by atoms with Gasteiger partial charge in [0.25, 0.3) is 5.56 Å². The highest BCUT2D eigenvalue weighted by Gasteiger charge is 2.15. The maximum Gasteiger partial charge on any atom is 0.287 e. The third kappa shape index (κ3) is 4.16. The van der Waals surface area contributed by atoms with Crippen LogP contribution in [0.4, 0.5) is 5.69 Å². The molecule has 0 saturated carbocycles. The standard InChI is InChI=1S/C14H22ClN3OS/c1-10(2)9-18-14(19)13(15)12(8-17-18)16-7-11-5-3-4-6-20-11/h8,10-11,16H,3-7,9H2,1-2H3. The number of aromatic nitrogens is 2. The van der Waals surface area contributed by atoms with Gasteiger partial charge in [0, 0.05) is 18.3 Å². The zero-order valence-corrected chi connectivity index (χ0v) is 13.6. The number of rotatable bonds is 5. The smallest absolute Gasteiger partial charge is 0.287 e. The molecule has 2 heterocycles. The fourth-order valence-electron chi connectivity index (χ4n) is 2.26. The van der Waals surface area contributed by atoms with Gasteiger partial charge in [0.05, 0.1) is 11.9 Å². The van der Waals surface area contributed by atoms with Crippen LogP contribution >= 0.6 is 23.4 Å². The van der Waals surface area contributed by atoms with Crippen LogP contribution in [-0.2, 0) is 6.54 Å². The molecule has 6 heteroatoms. The molecular weight excluding hydrogens is 294 g/mol. The summed E-state index contributed by atoms with van der Waals surface area (Å²) in [6.07, 6.45) is 5.50. The first-order valence-corrected chi connectivity index (χ1v) is 8.61. The predicted molar refractivity (Wildman–Crippen MR) is 86.9 cm³/mol. The molecule has 1 saturated heterocycles. The van der Waals surface area contributed by atoms with Crippen LogP contribution in [0.5, 0.6) is 0 Å². The summed E-state index contributed by atoms with van der Waals surface area (Å²) in [5.74, 6) is 1.60. The summed E-state index contributed by atoms with van der Waals surface area (Å²) < 4.78 is 1.44. The van der Waals surface area contributed by atoms with Crippen LogP contribution in [0.1, 0.15) is 33.1 Å². The quantitative estimate of drug-likeness (QED) is 0.906. The normalized spacial score (nSPS) is 19.3. The molecular formula is C14H22ClN3OS. The van der Waals surface area contributed by atoms with Crippen molar-refractivity contribution in [1.29, 1.82) is 0 Å². The van der Waals surface area contributed by atoms with Gasteiger partial charge in [-0.3, -0.25) is 4.79 Å². The van der Waals surface area contributed by atoms with Crippen molar-refractivity contribution in [1.82, 2.24) is 9.78 Å². The SMILES string of the molecule is CC(C)Cn1ncc(NCC2CCCCS2)c(Cl)c1=O. The predicted octanol–water partition coefficient (Wildman–Crippen LogP) is 3.25. The molecule has 1 aliphatic rings. The van der Waals surface area contributed by atoms with Gasteiger partial charge in [-0.2, -0.15) is 16.9 Å². The Bertz CT molecular complexity index is 498. The molecule has 1 fully saturated rings. The number of hydrogen-bond acceptors (Lipinski definition) is 4. The zero-order chi connectivity index (χ0) is 14.5. The Kier molecular flexibility index (Phi) is 5.78. The van der Waals surface area contributed by atoms with E-state index in [1.807, 2.05) is 11.8 Å². The molecule has 0 aromatic carbocycles. The Morgan fingerprint density at radius 1 is 1.55 bits per heavy atom. The van der Waals surface area contributed by atoms with Crippen LogP contribution in [0.25, 0.3) is 0 Å². The van der Waals surface area contributed by atoms with Gasteiger partial charge in [-0.1, -0.05) is 31.9 Å². The highest BCUT2D eigenvalue weighted by Crippen LogP contribution is 2.26. The van der Waals surface area contributed by atoms with Crippen molar-refractivity contribution in [3.05, 3.63) is 21.6 Å². The molecule has 1 aliphatic heterocycles. The van der Waals surface area contributed by atoms with E-state index in [0.717, 1.165) is 6.54 Å². The summed E-state index contributed by atoms with van der Waals surface area (Å²) in [7, 11) is 0. The van der Waals surface area contributed by atoms with Gasteiger partial charge < -0.3 is 5.32 Å². The third-order valence-electron chi connectivity index (χ3n) is 3.32. The van der Waals surface area contributed by atoms with E-state index in [2.05, 4.69) is 24.3 Å². The maximum absolute atomic E-state index is 12.1. The molecule has 0 spiro atoms. The molecule has 1 aromatic rings. The van der Waals surface area contributed by atoms with Gasteiger partial charge in [-0.15, -0.1) is 0 Å². The molecule has 0 aliphatic carbocycles. The summed E-state index contributed by atoms with van der Waals surface area (Å²) in [6.45, 7) is 5.54. The Balaban J connectivity index is 2.01. The van der Waals surface area contributed by atoms with Crippen LogP contribution < -0.4 is 10.9 Å². The fraction of sp³-hybridized carbons (Fsp3) is 0.714. The second-order valence-corrected chi connectivity index (χ2v) is 7.41. The van der Waals surface area contributed by atoms with Crippen molar-refractivity contribution >= 4 is 29.1 Å². The maximum atomic E-state index is 12.1. The summed E-state index contributed by atoms with van der Waals surface area (Å²) in [5, 5.41) is 8.33. The Morgan fingerprint density at radius 3 is 3.00 bits per heavy atom. The second kappa shape index (κ2) is 7.36. The summed E-state index contributed by atoms with van der Waals surface area (Å²) in [5.41, 5.74) is 0.449. The van der Waals surface area contributed by atoms with Crippen molar-refractivity contribution in [3.8, 4) is 0 Å². The van der Waals surface area contributed by atoms with Gasteiger partial charge in [-0.05, 0) is 24.5 Å². The van der Waals surface area contributed by atoms with E-state index in [9.17, 15) is 4.79 Å². The molecule has 0 bridgehead atoms. The van der Waals surface area contributed by atoms with Crippen LogP contribution in [0.2, 0.25) is 5.02 Å².